The summed E-state index contributed by atoms with van der Waals surface area (Å²) in [6, 6.07) is 9.69. The van der Waals surface area contributed by atoms with Crippen LogP contribution in [0, 0.1) is 0 Å². The van der Waals surface area contributed by atoms with Crippen molar-refractivity contribution in [1.29, 1.82) is 0 Å². The fourth-order valence-electron chi connectivity index (χ4n) is 1.81. The van der Waals surface area contributed by atoms with E-state index in [9.17, 15) is 9.59 Å². The van der Waals surface area contributed by atoms with Gasteiger partial charge in [-0.2, -0.15) is 0 Å². The van der Waals surface area contributed by atoms with Crippen LogP contribution in [-0.4, -0.2) is 27.8 Å². The topological polar surface area (TPSA) is 124 Å². The molecule has 3 rings (SSSR count). The lowest BCUT2D eigenvalue weighted by Crippen LogP contribution is -2.15. The molecule has 1 aromatic carbocycles. The minimum atomic E-state index is -0.521. The summed E-state index contributed by atoms with van der Waals surface area (Å²) in [5, 5.41) is 10.6. The normalized spacial score (nSPS) is 10.5. The van der Waals surface area contributed by atoms with Gasteiger partial charge in [0.1, 0.15) is 0 Å². The molecular weight excluding hydrogens is 332 g/mol. The van der Waals surface area contributed by atoms with Crippen molar-refractivity contribution in [3.05, 3.63) is 48.2 Å². The van der Waals surface area contributed by atoms with E-state index >= 15 is 0 Å². The molecule has 0 atom stereocenters. The molecule has 0 radical (unpaired) electrons. The number of hydrogen-bond donors (Lipinski definition) is 2. The van der Waals surface area contributed by atoms with Gasteiger partial charge in [0.25, 0.3) is 11.1 Å². The molecule has 122 valence electrons. The summed E-state index contributed by atoms with van der Waals surface area (Å²) in [5.74, 6) is 0.0484. The first-order chi connectivity index (χ1) is 11.6. The van der Waals surface area contributed by atoms with Crippen molar-refractivity contribution in [2.45, 2.75) is 5.22 Å². The minimum absolute atomic E-state index is 0.0946. The maximum absolute atomic E-state index is 11.9. The third kappa shape index (κ3) is 3.82. The highest BCUT2D eigenvalue weighted by molar-refractivity contribution is 7.99. The number of furan rings is 1. The van der Waals surface area contributed by atoms with Crippen LogP contribution in [0.5, 0.6) is 0 Å². The van der Waals surface area contributed by atoms with Crippen LogP contribution < -0.4 is 11.1 Å². The van der Waals surface area contributed by atoms with Gasteiger partial charge >= 0.3 is 0 Å². The van der Waals surface area contributed by atoms with Crippen molar-refractivity contribution < 1.29 is 18.4 Å². The molecule has 2 heterocycles. The monoisotopic (exact) mass is 344 g/mol. The Morgan fingerprint density at radius 1 is 1.17 bits per heavy atom. The highest BCUT2D eigenvalue weighted by Gasteiger charge is 2.13. The maximum Gasteiger partial charge on any atom is 0.284 e. The fourth-order valence-corrected chi connectivity index (χ4v) is 2.37. The third-order valence-corrected chi connectivity index (χ3v) is 3.74. The zero-order chi connectivity index (χ0) is 16.9. The van der Waals surface area contributed by atoms with E-state index in [-0.39, 0.29) is 22.8 Å². The summed E-state index contributed by atoms with van der Waals surface area (Å²) in [6.45, 7) is 0. The van der Waals surface area contributed by atoms with E-state index in [0.717, 1.165) is 11.8 Å². The standard InChI is InChI=1S/C15H12N4O4S/c16-13(21)9-3-5-10(6-4-9)17-12(20)8-24-15-19-18-14(23-15)11-2-1-7-22-11/h1-7H,8H2,(H2,16,21)(H,17,20). The van der Waals surface area contributed by atoms with Gasteiger partial charge in [0.2, 0.25) is 11.8 Å². The van der Waals surface area contributed by atoms with E-state index in [0.29, 0.717) is 17.0 Å². The van der Waals surface area contributed by atoms with Crippen LogP contribution in [0.1, 0.15) is 10.4 Å². The van der Waals surface area contributed by atoms with Crippen molar-refractivity contribution in [1.82, 2.24) is 10.2 Å². The quantitative estimate of drug-likeness (QED) is 0.656. The van der Waals surface area contributed by atoms with E-state index in [1.165, 1.54) is 6.26 Å². The summed E-state index contributed by atoms with van der Waals surface area (Å²) < 4.78 is 10.5. The summed E-state index contributed by atoms with van der Waals surface area (Å²) in [7, 11) is 0. The Kier molecular flexibility index (Phi) is 4.62. The average molecular weight is 344 g/mol. The highest BCUT2D eigenvalue weighted by Crippen LogP contribution is 2.23. The van der Waals surface area contributed by atoms with Crippen LogP contribution in [-0.2, 0) is 4.79 Å². The maximum atomic E-state index is 11.9. The van der Waals surface area contributed by atoms with Crippen LogP contribution in [0.3, 0.4) is 0 Å². The number of nitrogens with one attached hydrogen (secondary N) is 1. The van der Waals surface area contributed by atoms with E-state index in [2.05, 4.69) is 15.5 Å². The second-order valence-corrected chi connectivity index (χ2v) is 5.56. The third-order valence-electron chi connectivity index (χ3n) is 2.92. The molecule has 24 heavy (non-hydrogen) atoms. The first-order valence-electron chi connectivity index (χ1n) is 6.82. The van der Waals surface area contributed by atoms with Crippen LogP contribution in [0.4, 0.5) is 5.69 Å². The predicted octanol–water partition coefficient (Wildman–Crippen LogP) is 2.16. The van der Waals surface area contributed by atoms with E-state index < -0.39 is 5.91 Å². The molecule has 0 spiro atoms. The molecule has 9 heteroatoms. The number of anilines is 1. The van der Waals surface area contributed by atoms with Crippen LogP contribution in [0.15, 0.2) is 56.7 Å². The number of hydrogen-bond acceptors (Lipinski definition) is 7. The Balaban J connectivity index is 1.53. The molecule has 0 aliphatic carbocycles. The van der Waals surface area contributed by atoms with Gasteiger partial charge in [-0.25, -0.2) is 0 Å². The molecule has 2 aromatic heterocycles. The molecule has 8 nitrogen and oxygen atoms in total. The van der Waals surface area contributed by atoms with E-state index in [1.54, 1.807) is 36.4 Å². The van der Waals surface area contributed by atoms with Gasteiger partial charge in [-0.1, -0.05) is 11.8 Å². The number of carbonyl (C=O) groups excluding carboxylic acids is 2. The van der Waals surface area contributed by atoms with Gasteiger partial charge in [-0.05, 0) is 36.4 Å². The molecule has 0 fully saturated rings. The van der Waals surface area contributed by atoms with Crippen molar-refractivity contribution in [3.63, 3.8) is 0 Å². The number of nitrogens with zero attached hydrogens (tertiary/aromatic N) is 2. The highest BCUT2D eigenvalue weighted by atomic mass is 32.2. The van der Waals surface area contributed by atoms with Crippen molar-refractivity contribution >= 4 is 29.3 Å². The zero-order valence-electron chi connectivity index (χ0n) is 12.3. The lowest BCUT2D eigenvalue weighted by molar-refractivity contribution is -0.113. The van der Waals surface area contributed by atoms with Gasteiger partial charge in [-0.3, -0.25) is 9.59 Å². The summed E-state index contributed by atoms with van der Waals surface area (Å²) in [5.41, 5.74) is 6.09. The van der Waals surface area contributed by atoms with Gasteiger partial charge < -0.3 is 19.9 Å². The van der Waals surface area contributed by atoms with E-state index in [4.69, 9.17) is 14.6 Å². The van der Waals surface area contributed by atoms with Crippen LogP contribution in [0.25, 0.3) is 11.7 Å². The van der Waals surface area contributed by atoms with Crippen LogP contribution in [0.2, 0.25) is 0 Å². The number of benzene rings is 1. The molecule has 0 aliphatic rings. The molecular formula is C15H12N4O4S. The average Bonchev–Trinajstić information content (AvgIpc) is 3.25. The number of carbonyl (C=O) groups is 2. The van der Waals surface area contributed by atoms with Gasteiger partial charge in [0.05, 0.1) is 12.0 Å². The molecule has 0 saturated carbocycles. The first-order valence-corrected chi connectivity index (χ1v) is 7.80. The number of primary amides is 1. The predicted molar refractivity (Wildman–Crippen MR) is 86.3 cm³/mol. The molecule has 0 unspecified atom stereocenters. The molecule has 0 bridgehead atoms. The number of rotatable bonds is 6. The Morgan fingerprint density at radius 2 is 1.96 bits per heavy atom. The molecule has 3 N–H and O–H groups in total. The summed E-state index contributed by atoms with van der Waals surface area (Å²) >= 11 is 1.11. The second-order valence-electron chi connectivity index (χ2n) is 4.63. The Bertz CT molecular complexity index is 843. The minimum Gasteiger partial charge on any atom is -0.459 e. The molecule has 0 saturated heterocycles. The number of nitrogens with two attached hydrogens (primary N) is 1. The SMILES string of the molecule is NC(=O)c1ccc(NC(=O)CSc2nnc(-c3ccco3)o2)cc1. The summed E-state index contributed by atoms with van der Waals surface area (Å²) in [4.78, 5) is 22.9. The number of amides is 2. The van der Waals surface area contributed by atoms with E-state index in [1.807, 2.05) is 0 Å². The molecule has 0 aliphatic heterocycles. The largest absolute Gasteiger partial charge is 0.459 e. The van der Waals surface area contributed by atoms with Gasteiger partial charge in [0, 0.05) is 11.3 Å². The number of thioether (sulfide) groups is 1. The zero-order valence-corrected chi connectivity index (χ0v) is 13.1. The first kappa shape index (κ1) is 15.8. The van der Waals surface area contributed by atoms with Crippen molar-refractivity contribution in [2.75, 3.05) is 11.1 Å². The molecule has 3 aromatic rings. The smallest absolute Gasteiger partial charge is 0.284 e. The van der Waals surface area contributed by atoms with Crippen LogP contribution >= 0.6 is 11.8 Å². The summed E-state index contributed by atoms with van der Waals surface area (Å²) in [6.07, 6.45) is 1.50. The fraction of sp³-hybridized carbons (Fsp3) is 0.0667. The lowest BCUT2D eigenvalue weighted by Gasteiger charge is -2.04. The Hall–Kier alpha value is -3.07. The second kappa shape index (κ2) is 7.01. The Morgan fingerprint density at radius 3 is 2.62 bits per heavy atom. The lowest BCUT2D eigenvalue weighted by atomic mass is 10.2. The van der Waals surface area contributed by atoms with Gasteiger partial charge in [0.15, 0.2) is 5.76 Å². The van der Waals surface area contributed by atoms with Crippen molar-refractivity contribution in [2.24, 2.45) is 5.73 Å². The Labute approximate surface area is 140 Å². The van der Waals surface area contributed by atoms with Gasteiger partial charge in [-0.15, -0.1) is 10.2 Å². The van der Waals surface area contributed by atoms with Crippen molar-refractivity contribution in [3.8, 4) is 11.7 Å². The number of aromatic nitrogens is 2. The molecule has 2 amide bonds.